The van der Waals surface area contributed by atoms with E-state index in [1.54, 1.807) is 5.57 Å². The van der Waals surface area contributed by atoms with Gasteiger partial charge >= 0.3 is 0 Å². The Balaban J connectivity index is 1.72. The third-order valence-corrected chi connectivity index (χ3v) is 8.27. The van der Waals surface area contributed by atoms with E-state index in [9.17, 15) is 9.59 Å². The maximum Gasteiger partial charge on any atom is 0.156 e. The number of fused-ring (bicyclic) bond motifs is 4. The molecule has 0 aliphatic heterocycles. The molecule has 4 atom stereocenters. The van der Waals surface area contributed by atoms with E-state index in [2.05, 4.69) is 13.8 Å². The molecule has 2 nitrogen and oxygen atoms in total. The molecule has 130 valence electrons. The average molecular weight is 326 g/mol. The second-order valence-electron chi connectivity index (χ2n) is 8.96. The van der Waals surface area contributed by atoms with Gasteiger partial charge in [0.15, 0.2) is 5.78 Å². The number of carbonyl (C=O) groups excluding carboxylic acids is 2. The Morgan fingerprint density at radius 1 is 1.12 bits per heavy atom. The summed E-state index contributed by atoms with van der Waals surface area (Å²) in [5, 5.41) is 0. The Hall–Kier alpha value is -1.18. The summed E-state index contributed by atoms with van der Waals surface area (Å²) in [7, 11) is 0. The molecule has 0 N–H and O–H groups in total. The van der Waals surface area contributed by atoms with Gasteiger partial charge in [0.2, 0.25) is 0 Å². The van der Waals surface area contributed by atoms with Crippen molar-refractivity contribution in [3.63, 3.8) is 0 Å². The van der Waals surface area contributed by atoms with Crippen LogP contribution in [0.15, 0.2) is 22.8 Å². The van der Waals surface area contributed by atoms with Crippen molar-refractivity contribution >= 4 is 11.6 Å². The number of rotatable bonds is 2. The Morgan fingerprint density at radius 3 is 2.67 bits per heavy atom. The van der Waals surface area contributed by atoms with Crippen LogP contribution in [0.25, 0.3) is 0 Å². The number of carbonyl (C=O) groups is 2. The Morgan fingerprint density at radius 2 is 1.92 bits per heavy atom. The zero-order chi connectivity index (χ0) is 17.1. The van der Waals surface area contributed by atoms with E-state index in [1.165, 1.54) is 24.0 Å². The fourth-order valence-electron chi connectivity index (χ4n) is 6.65. The fraction of sp³-hybridized carbons (Fsp3) is 0.727. The van der Waals surface area contributed by atoms with Crippen LogP contribution in [0.3, 0.4) is 0 Å². The third kappa shape index (κ3) is 2.01. The predicted molar refractivity (Wildman–Crippen MR) is 95.5 cm³/mol. The van der Waals surface area contributed by atoms with Gasteiger partial charge < -0.3 is 0 Å². The van der Waals surface area contributed by atoms with Crippen LogP contribution >= 0.6 is 0 Å². The van der Waals surface area contributed by atoms with E-state index in [1.807, 2.05) is 13.0 Å². The minimum atomic E-state index is -0.124. The highest BCUT2D eigenvalue weighted by molar-refractivity contribution is 5.93. The zero-order valence-corrected chi connectivity index (χ0v) is 15.4. The minimum absolute atomic E-state index is 0.124. The summed E-state index contributed by atoms with van der Waals surface area (Å²) in [6.07, 6.45) is 11.1. The number of Topliss-reactive ketones (excluding diaryl/α,β-unsaturated/α-hetero) is 1. The van der Waals surface area contributed by atoms with Crippen LogP contribution in [0.2, 0.25) is 0 Å². The van der Waals surface area contributed by atoms with Crippen LogP contribution in [0.1, 0.15) is 78.6 Å². The molecule has 2 saturated carbocycles. The first-order chi connectivity index (χ1) is 11.4. The first-order valence-corrected chi connectivity index (χ1v) is 9.89. The van der Waals surface area contributed by atoms with Gasteiger partial charge in [0.1, 0.15) is 5.78 Å². The molecular weight excluding hydrogens is 296 g/mol. The molecule has 0 unspecified atom stereocenters. The molecule has 0 bridgehead atoms. The van der Waals surface area contributed by atoms with Crippen LogP contribution in [0.5, 0.6) is 0 Å². The largest absolute Gasteiger partial charge is 0.299 e. The van der Waals surface area contributed by atoms with Crippen LogP contribution < -0.4 is 0 Å². The van der Waals surface area contributed by atoms with Crippen LogP contribution in [0.4, 0.5) is 0 Å². The summed E-state index contributed by atoms with van der Waals surface area (Å²) >= 11 is 0. The minimum Gasteiger partial charge on any atom is -0.299 e. The maximum atomic E-state index is 12.8. The van der Waals surface area contributed by atoms with E-state index in [4.69, 9.17) is 0 Å². The molecule has 0 radical (unpaired) electrons. The van der Waals surface area contributed by atoms with Gasteiger partial charge in [0.25, 0.3) is 0 Å². The highest BCUT2D eigenvalue weighted by Crippen LogP contribution is 2.67. The Labute approximate surface area is 145 Å². The lowest BCUT2D eigenvalue weighted by Gasteiger charge is -2.52. The standard InChI is InChI=1S/C22H30O2/c1-4-20(24)22(3)12-10-19-18-7-5-14-13-15(23)6-8-16(14)17(18)9-11-21(19,22)2/h13,18-19H,4-12H2,1-3H3/t18-,19-,21-,22-/m0/s1. The van der Waals surface area contributed by atoms with Gasteiger partial charge in [-0.25, -0.2) is 0 Å². The van der Waals surface area contributed by atoms with Gasteiger partial charge in [0.05, 0.1) is 0 Å². The topological polar surface area (TPSA) is 34.1 Å². The number of ketones is 2. The normalized spacial score (nSPS) is 41.5. The molecule has 0 saturated heterocycles. The molecule has 0 aromatic carbocycles. The molecule has 4 rings (SSSR count). The van der Waals surface area contributed by atoms with Crippen molar-refractivity contribution in [2.45, 2.75) is 78.6 Å². The lowest BCUT2D eigenvalue weighted by molar-refractivity contribution is -0.136. The molecule has 0 heterocycles. The molecule has 0 aromatic heterocycles. The SMILES string of the molecule is CCC(=O)[C@]1(C)CC[C@H]2[C@H]3CCC4=CC(=O)CCC4=C3CC[C@@]21C. The summed E-state index contributed by atoms with van der Waals surface area (Å²) in [6, 6.07) is 0. The Kier molecular flexibility index (Phi) is 3.67. The number of hydrogen-bond donors (Lipinski definition) is 0. The van der Waals surface area contributed by atoms with Gasteiger partial charge in [-0.3, -0.25) is 9.59 Å². The molecule has 2 heteroatoms. The molecule has 4 aliphatic rings. The summed E-state index contributed by atoms with van der Waals surface area (Å²) in [5.74, 6) is 2.11. The molecular formula is C22H30O2. The molecule has 0 aromatic rings. The van der Waals surface area contributed by atoms with Crippen LogP contribution in [-0.2, 0) is 9.59 Å². The van der Waals surface area contributed by atoms with E-state index < -0.39 is 0 Å². The second-order valence-corrected chi connectivity index (χ2v) is 8.96. The maximum absolute atomic E-state index is 12.8. The zero-order valence-electron chi connectivity index (χ0n) is 15.4. The van der Waals surface area contributed by atoms with E-state index >= 15 is 0 Å². The highest BCUT2D eigenvalue weighted by Gasteiger charge is 2.61. The van der Waals surface area contributed by atoms with Gasteiger partial charge in [-0.05, 0) is 79.4 Å². The van der Waals surface area contributed by atoms with Crippen molar-refractivity contribution in [1.29, 1.82) is 0 Å². The summed E-state index contributed by atoms with van der Waals surface area (Å²) in [4.78, 5) is 24.5. The molecule has 24 heavy (non-hydrogen) atoms. The number of allylic oxidation sites excluding steroid dienone is 4. The van der Waals surface area contributed by atoms with E-state index in [-0.39, 0.29) is 10.8 Å². The molecule has 0 spiro atoms. The van der Waals surface area contributed by atoms with Crippen molar-refractivity contribution in [2.75, 3.05) is 0 Å². The van der Waals surface area contributed by atoms with Crippen molar-refractivity contribution in [2.24, 2.45) is 22.7 Å². The predicted octanol–water partition coefficient (Wildman–Crippen LogP) is 5.18. The van der Waals surface area contributed by atoms with Crippen molar-refractivity contribution in [3.05, 3.63) is 22.8 Å². The smallest absolute Gasteiger partial charge is 0.156 e. The van der Waals surface area contributed by atoms with E-state index in [0.29, 0.717) is 36.2 Å². The van der Waals surface area contributed by atoms with Crippen LogP contribution in [-0.4, -0.2) is 11.6 Å². The fourth-order valence-corrected chi connectivity index (χ4v) is 6.65. The van der Waals surface area contributed by atoms with Crippen molar-refractivity contribution < 1.29 is 9.59 Å². The van der Waals surface area contributed by atoms with Gasteiger partial charge in [-0.15, -0.1) is 0 Å². The number of hydrogen-bond acceptors (Lipinski definition) is 2. The quantitative estimate of drug-likeness (QED) is 0.701. The average Bonchev–Trinajstić information content (AvgIpc) is 2.86. The first kappa shape index (κ1) is 16.3. The second kappa shape index (κ2) is 5.41. The van der Waals surface area contributed by atoms with Crippen molar-refractivity contribution in [1.82, 2.24) is 0 Å². The lowest BCUT2D eigenvalue weighted by atomic mass is 9.51. The molecule has 2 fully saturated rings. The van der Waals surface area contributed by atoms with Gasteiger partial charge in [0, 0.05) is 18.3 Å². The third-order valence-electron chi connectivity index (χ3n) is 8.27. The highest BCUT2D eigenvalue weighted by atomic mass is 16.1. The molecule has 4 aliphatic carbocycles. The summed E-state index contributed by atoms with van der Waals surface area (Å²) in [5.41, 5.74) is 4.58. The van der Waals surface area contributed by atoms with E-state index in [0.717, 1.165) is 32.1 Å². The molecule has 0 amide bonds. The lowest BCUT2D eigenvalue weighted by Crippen LogP contribution is -2.47. The van der Waals surface area contributed by atoms with Crippen molar-refractivity contribution in [3.8, 4) is 0 Å². The Bertz CT molecular complexity index is 667. The summed E-state index contributed by atoms with van der Waals surface area (Å²) in [6.45, 7) is 6.69. The van der Waals surface area contributed by atoms with Gasteiger partial charge in [-0.2, -0.15) is 0 Å². The summed E-state index contributed by atoms with van der Waals surface area (Å²) < 4.78 is 0. The van der Waals surface area contributed by atoms with Gasteiger partial charge in [-0.1, -0.05) is 26.3 Å². The first-order valence-electron chi connectivity index (χ1n) is 9.89. The monoisotopic (exact) mass is 326 g/mol. The van der Waals surface area contributed by atoms with Crippen LogP contribution in [0, 0.1) is 22.7 Å².